The third-order valence-corrected chi connectivity index (χ3v) is 2.63. The summed E-state index contributed by atoms with van der Waals surface area (Å²) in [6, 6.07) is 3.96. The number of hydrogen-bond acceptors (Lipinski definition) is 2. The summed E-state index contributed by atoms with van der Waals surface area (Å²) in [5.74, 6) is 0.700. The molecule has 0 atom stereocenters. The molecule has 5 heteroatoms. The van der Waals surface area contributed by atoms with Gasteiger partial charge in [-0.05, 0) is 17.9 Å². The van der Waals surface area contributed by atoms with E-state index in [0.717, 1.165) is 6.07 Å². The largest absolute Gasteiger partial charge is 0.418 e. The minimum absolute atomic E-state index is 0.174. The summed E-state index contributed by atoms with van der Waals surface area (Å²) in [4.78, 5) is 0.488. The van der Waals surface area contributed by atoms with E-state index < -0.39 is 11.7 Å². The highest BCUT2D eigenvalue weighted by Crippen LogP contribution is 2.37. The molecule has 0 heterocycles. The molecule has 1 aromatic carbocycles. The molecule has 0 aliphatic carbocycles. The average Bonchev–Trinajstić information content (AvgIpc) is 2.07. The molecule has 0 spiro atoms. The predicted molar refractivity (Wildman–Crippen MR) is 52.3 cm³/mol. The molecule has 1 nitrogen and oxygen atoms in total. The number of hydrogen-bond donors (Lipinski definition) is 1. The number of anilines is 1. The molecule has 14 heavy (non-hydrogen) atoms. The Morgan fingerprint density at radius 2 is 2.00 bits per heavy atom. The summed E-state index contributed by atoms with van der Waals surface area (Å²) >= 11 is 1.31. The number of alkyl halides is 3. The van der Waals surface area contributed by atoms with E-state index in [1.807, 2.05) is 6.92 Å². The van der Waals surface area contributed by atoms with Gasteiger partial charge < -0.3 is 5.73 Å². The van der Waals surface area contributed by atoms with Crippen LogP contribution in [0.4, 0.5) is 18.9 Å². The fourth-order valence-corrected chi connectivity index (χ4v) is 1.82. The minimum atomic E-state index is -4.37. The first-order valence-corrected chi connectivity index (χ1v) is 5.04. The molecule has 0 saturated heterocycles. The van der Waals surface area contributed by atoms with Gasteiger partial charge in [-0.3, -0.25) is 0 Å². The normalized spacial score (nSPS) is 11.7. The fourth-order valence-electron chi connectivity index (χ4n) is 1.07. The molecule has 1 aromatic rings. The summed E-state index contributed by atoms with van der Waals surface area (Å²) in [6.07, 6.45) is -4.37. The smallest absolute Gasteiger partial charge is 0.397 e. The van der Waals surface area contributed by atoms with Crippen LogP contribution >= 0.6 is 11.8 Å². The zero-order chi connectivity index (χ0) is 10.8. The molecule has 2 N–H and O–H groups in total. The molecule has 0 aliphatic heterocycles. The lowest BCUT2D eigenvalue weighted by Gasteiger charge is -2.12. The summed E-state index contributed by atoms with van der Waals surface area (Å²) < 4.78 is 37.1. The highest BCUT2D eigenvalue weighted by atomic mass is 32.2. The highest BCUT2D eigenvalue weighted by Gasteiger charge is 2.33. The Hall–Kier alpha value is -0.840. The van der Waals surface area contributed by atoms with Crippen LogP contribution in [0.25, 0.3) is 0 Å². The number of nitrogens with two attached hydrogens (primary N) is 1. The van der Waals surface area contributed by atoms with Gasteiger partial charge in [-0.1, -0.05) is 13.0 Å². The van der Waals surface area contributed by atoms with Crippen molar-refractivity contribution in [3.8, 4) is 0 Å². The zero-order valence-corrected chi connectivity index (χ0v) is 8.38. The van der Waals surface area contributed by atoms with Crippen LogP contribution < -0.4 is 5.73 Å². The van der Waals surface area contributed by atoms with E-state index in [9.17, 15) is 13.2 Å². The van der Waals surface area contributed by atoms with Crippen LogP contribution in [-0.2, 0) is 6.18 Å². The van der Waals surface area contributed by atoms with E-state index in [1.165, 1.54) is 17.8 Å². The number of halogens is 3. The Morgan fingerprint density at radius 1 is 1.36 bits per heavy atom. The van der Waals surface area contributed by atoms with Gasteiger partial charge in [0, 0.05) is 4.90 Å². The van der Waals surface area contributed by atoms with Gasteiger partial charge in [-0.2, -0.15) is 13.2 Å². The lowest BCUT2D eigenvalue weighted by Crippen LogP contribution is -2.09. The van der Waals surface area contributed by atoms with Crippen LogP contribution in [0.1, 0.15) is 12.5 Å². The summed E-state index contributed by atoms with van der Waals surface area (Å²) in [5, 5.41) is 0. The van der Waals surface area contributed by atoms with Crippen LogP contribution in [0.2, 0.25) is 0 Å². The van der Waals surface area contributed by atoms with Crippen molar-refractivity contribution in [3.63, 3.8) is 0 Å². The number of para-hydroxylation sites is 1. The Labute approximate surface area is 84.5 Å². The molecular formula is C9H10F3NS. The van der Waals surface area contributed by atoms with Crippen molar-refractivity contribution in [1.82, 2.24) is 0 Å². The van der Waals surface area contributed by atoms with Gasteiger partial charge >= 0.3 is 6.18 Å². The van der Waals surface area contributed by atoms with Crippen molar-refractivity contribution in [2.24, 2.45) is 0 Å². The quantitative estimate of drug-likeness (QED) is 0.611. The second kappa shape index (κ2) is 4.13. The van der Waals surface area contributed by atoms with Crippen molar-refractivity contribution in [1.29, 1.82) is 0 Å². The van der Waals surface area contributed by atoms with Crippen molar-refractivity contribution in [2.45, 2.75) is 18.0 Å². The van der Waals surface area contributed by atoms with E-state index >= 15 is 0 Å². The number of rotatable bonds is 2. The van der Waals surface area contributed by atoms with Gasteiger partial charge in [0.25, 0.3) is 0 Å². The fraction of sp³-hybridized carbons (Fsp3) is 0.333. The van der Waals surface area contributed by atoms with E-state index in [4.69, 9.17) is 5.73 Å². The molecule has 0 radical (unpaired) electrons. The molecule has 78 valence electrons. The molecule has 0 fully saturated rings. The van der Waals surface area contributed by atoms with Gasteiger partial charge in [-0.25, -0.2) is 0 Å². The second-order valence-electron chi connectivity index (χ2n) is 2.65. The van der Waals surface area contributed by atoms with Crippen LogP contribution in [0.5, 0.6) is 0 Å². The average molecular weight is 221 g/mol. The SMILES string of the molecule is CCSc1cccc(C(F)(F)F)c1N. The lowest BCUT2D eigenvalue weighted by molar-refractivity contribution is -0.137. The maximum Gasteiger partial charge on any atom is 0.418 e. The van der Waals surface area contributed by atoms with Crippen molar-refractivity contribution in [3.05, 3.63) is 23.8 Å². The first-order valence-electron chi connectivity index (χ1n) is 4.05. The Morgan fingerprint density at radius 3 is 2.50 bits per heavy atom. The summed E-state index contributed by atoms with van der Waals surface area (Å²) in [5.41, 5.74) is 4.49. The maximum atomic E-state index is 12.4. The van der Waals surface area contributed by atoms with Gasteiger partial charge in [-0.15, -0.1) is 11.8 Å². The van der Waals surface area contributed by atoms with E-state index in [2.05, 4.69) is 0 Å². The van der Waals surface area contributed by atoms with Gasteiger partial charge in [0.2, 0.25) is 0 Å². The molecule has 0 amide bonds. The summed E-state index contributed by atoms with van der Waals surface area (Å²) in [6.45, 7) is 1.87. The topological polar surface area (TPSA) is 26.0 Å². The van der Waals surface area contributed by atoms with E-state index in [-0.39, 0.29) is 5.69 Å². The first-order chi connectivity index (χ1) is 6.46. The molecule has 0 aliphatic rings. The molecule has 0 saturated carbocycles. The van der Waals surface area contributed by atoms with E-state index in [0.29, 0.717) is 10.6 Å². The molecule has 1 rings (SSSR count). The number of benzene rings is 1. The van der Waals surface area contributed by atoms with Gasteiger partial charge in [0.1, 0.15) is 0 Å². The zero-order valence-electron chi connectivity index (χ0n) is 7.56. The Bertz CT molecular complexity index is 322. The van der Waals surface area contributed by atoms with Crippen LogP contribution in [0, 0.1) is 0 Å². The minimum Gasteiger partial charge on any atom is -0.397 e. The third-order valence-electron chi connectivity index (χ3n) is 1.67. The van der Waals surface area contributed by atoms with E-state index in [1.54, 1.807) is 6.07 Å². The molecule has 0 bridgehead atoms. The van der Waals surface area contributed by atoms with Crippen molar-refractivity contribution in [2.75, 3.05) is 11.5 Å². The Balaban J connectivity index is 3.14. The number of nitrogen functional groups attached to an aromatic ring is 1. The molecular weight excluding hydrogens is 211 g/mol. The lowest BCUT2D eigenvalue weighted by atomic mass is 10.2. The molecule has 0 aromatic heterocycles. The second-order valence-corrected chi connectivity index (χ2v) is 3.95. The third kappa shape index (κ3) is 2.35. The Kier molecular flexibility index (Phi) is 3.31. The first kappa shape index (κ1) is 11.2. The van der Waals surface area contributed by atoms with Crippen molar-refractivity contribution >= 4 is 17.4 Å². The maximum absolute atomic E-state index is 12.4. The standard InChI is InChI=1S/C9H10F3NS/c1-2-14-7-5-3-4-6(8(7)13)9(10,11)12/h3-5H,2,13H2,1H3. The van der Waals surface area contributed by atoms with Crippen LogP contribution in [0.3, 0.4) is 0 Å². The summed E-state index contributed by atoms with van der Waals surface area (Å²) in [7, 11) is 0. The van der Waals surface area contributed by atoms with Gasteiger partial charge in [0.05, 0.1) is 11.3 Å². The number of thioether (sulfide) groups is 1. The van der Waals surface area contributed by atoms with Crippen LogP contribution in [-0.4, -0.2) is 5.75 Å². The monoisotopic (exact) mass is 221 g/mol. The van der Waals surface area contributed by atoms with Gasteiger partial charge in [0.15, 0.2) is 0 Å². The van der Waals surface area contributed by atoms with Crippen molar-refractivity contribution < 1.29 is 13.2 Å². The van der Waals surface area contributed by atoms with Crippen LogP contribution in [0.15, 0.2) is 23.1 Å². The molecule has 0 unspecified atom stereocenters. The highest BCUT2D eigenvalue weighted by molar-refractivity contribution is 7.99. The predicted octanol–water partition coefficient (Wildman–Crippen LogP) is 3.40.